The van der Waals surface area contributed by atoms with Crippen molar-refractivity contribution in [2.45, 2.75) is 66.1 Å². The molecule has 3 aromatic heterocycles. The van der Waals surface area contributed by atoms with Gasteiger partial charge < -0.3 is 14.4 Å². The molecule has 0 saturated carbocycles. The van der Waals surface area contributed by atoms with E-state index >= 15 is 0 Å². The predicted molar refractivity (Wildman–Crippen MR) is 184 cm³/mol. The van der Waals surface area contributed by atoms with Gasteiger partial charge in [0.05, 0.1) is 19.9 Å². The van der Waals surface area contributed by atoms with Gasteiger partial charge in [-0.2, -0.15) is 0 Å². The molecule has 0 aliphatic heterocycles. The topological polar surface area (TPSA) is 38.9 Å². The Balaban J connectivity index is 0.000000204. The van der Waals surface area contributed by atoms with Gasteiger partial charge in [0.2, 0.25) is 0 Å². The van der Waals surface area contributed by atoms with Crippen LogP contribution in [0.4, 0.5) is 4.39 Å². The fraction of sp³-hybridized carbons (Fsp3) is 0.282. The minimum absolute atomic E-state index is 0. The quantitative estimate of drug-likeness (QED) is 0.129. The number of para-hydroxylation sites is 1. The molecular formula is C39H41FIrN2OSi-2. The number of benzene rings is 3. The molecule has 0 aliphatic carbocycles. The van der Waals surface area contributed by atoms with Gasteiger partial charge in [-0.05, 0) is 46.0 Å². The van der Waals surface area contributed by atoms with E-state index in [0.717, 1.165) is 45.2 Å². The van der Waals surface area contributed by atoms with Gasteiger partial charge in [0.25, 0.3) is 0 Å². The van der Waals surface area contributed by atoms with Crippen molar-refractivity contribution in [2.24, 2.45) is 5.92 Å². The predicted octanol–water partition coefficient (Wildman–Crippen LogP) is 10.2. The summed E-state index contributed by atoms with van der Waals surface area (Å²) in [6, 6.07) is 30.4. The maximum absolute atomic E-state index is 14.2. The van der Waals surface area contributed by atoms with Gasteiger partial charge in [0, 0.05) is 31.7 Å². The van der Waals surface area contributed by atoms with Gasteiger partial charge >= 0.3 is 0 Å². The molecule has 6 heteroatoms. The van der Waals surface area contributed by atoms with Crippen LogP contribution in [0, 0.1) is 23.9 Å². The van der Waals surface area contributed by atoms with Crippen LogP contribution in [0.2, 0.25) is 19.6 Å². The van der Waals surface area contributed by atoms with Crippen molar-refractivity contribution >= 4 is 35.2 Å². The molecular weight excluding hydrogens is 752 g/mol. The van der Waals surface area contributed by atoms with Crippen LogP contribution < -0.4 is 5.19 Å². The summed E-state index contributed by atoms with van der Waals surface area (Å²) in [5, 5.41) is 3.56. The largest absolute Gasteiger partial charge is 0.501 e. The molecule has 0 aliphatic rings. The first-order valence-electron chi connectivity index (χ1n) is 15.3. The minimum atomic E-state index is -1.34. The standard InChI is InChI=1S/C21H17FNO.C18H24NSi.Ir/c1-21(2,3)16-11-18(23-12-17(16)22)15-9-6-8-14-13-7-4-5-10-19(13)24-20(14)15;1-14(2)11-16-12-17(15-9-7-6-8-10-15)19-13-18(16)20(3,4)5;/h4-8,10-12H,1-3H3;6-9,12-14H,11H2,1-5H3;/q2*-1;. The second kappa shape index (κ2) is 13.9. The van der Waals surface area contributed by atoms with E-state index in [1.54, 1.807) is 6.07 Å². The third kappa shape index (κ3) is 7.86. The van der Waals surface area contributed by atoms with E-state index in [-0.39, 0.29) is 31.3 Å². The van der Waals surface area contributed by atoms with Crippen LogP contribution in [-0.2, 0) is 31.9 Å². The molecule has 6 rings (SSSR count). The van der Waals surface area contributed by atoms with E-state index in [2.05, 4.69) is 73.9 Å². The van der Waals surface area contributed by atoms with Crippen molar-refractivity contribution in [1.29, 1.82) is 0 Å². The first-order valence-corrected chi connectivity index (χ1v) is 18.8. The number of furan rings is 1. The molecule has 0 atom stereocenters. The zero-order chi connectivity index (χ0) is 31.6. The molecule has 0 fully saturated rings. The summed E-state index contributed by atoms with van der Waals surface area (Å²) >= 11 is 0. The first-order chi connectivity index (χ1) is 20.8. The van der Waals surface area contributed by atoms with Gasteiger partial charge in [0.1, 0.15) is 11.4 Å². The monoisotopic (exact) mass is 793 g/mol. The van der Waals surface area contributed by atoms with Crippen LogP contribution in [0.15, 0.2) is 89.6 Å². The molecule has 0 unspecified atom stereocenters. The van der Waals surface area contributed by atoms with Crippen LogP contribution in [0.25, 0.3) is 44.5 Å². The number of aromatic nitrogens is 2. The third-order valence-corrected chi connectivity index (χ3v) is 9.74. The molecule has 0 N–H and O–H groups in total. The number of hydrogen-bond donors (Lipinski definition) is 0. The third-order valence-electron chi connectivity index (χ3n) is 7.67. The van der Waals surface area contributed by atoms with Gasteiger partial charge in [-0.3, -0.25) is 0 Å². The Bertz CT molecular complexity index is 1900. The van der Waals surface area contributed by atoms with Crippen molar-refractivity contribution in [1.82, 2.24) is 9.97 Å². The second-order valence-electron chi connectivity index (χ2n) is 13.8. The number of fused-ring (bicyclic) bond motifs is 3. The molecule has 0 spiro atoms. The van der Waals surface area contributed by atoms with Crippen molar-refractivity contribution < 1.29 is 28.9 Å². The Kier molecular flexibility index (Phi) is 10.6. The first kappa shape index (κ1) is 34.4. The summed E-state index contributed by atoms with van der Waals surface area (Å²) in [6.45, 7) is 17.7. The minimum Gasteiger partial charge on any atom is -0.501 e. The molecule has 3 nitrogen and oxygen atoms in total. The van der Waals surface area contributed by atoms with E-state index < -0.39 is 8.07 Å². The zero-order valence-electron chi connectivity index (χ0n) is 27.4. The van der Waals surface area contributed by atoms with Crippen LogP contribution in [0.3, 0.4) is 0 Å². The Morgan fingerprint density at radius 3 is 2.22 bits per heavy atom. The molecule has 0 saturated heterocycles. The smallest absolute Gasteiger partial charge is 0.143 e. The van der Waals surface area contributed by atoms with Crippen molar-refractivity contribution in [3.8, 4) is 22.5 Å². The van der Waals surface area contributed by atoms with Crippen LogP contribution in [-0.4, -0.2) is 18.0 Å². The molecule has 6 aromatic rings. The molecule has 3 heterocycles. The van der Waals surface area contributed by atoms with E-state index in [1.165, 1.54) is 16.9 Å². The SMILES string of the molecule is CC(C)(C)c1cc(-c2[c-]ccc3c2oc2ccccc23)ncc1F.CC(C)Cc1cc(-c2[c-]cccc2)ncc1[Si](C)(C)C.[Ir]. The number of hydrogen-bond acceptors (Lipinski definition) is 3. The summed E-state index contributed by atoms with van der Waals surface area (Å²) in [4.78, 5) is 8.96. The van der Waals surface area contributed by atoms with E-state index in [0.29, 0.717) is 17.2 Å². The molecule has 45 heavy (non-hydrogen) atoms. The number of halogens is 1. The Hall–Kier alpha value is -3.44. The van der Waals surface area contributed by atoms with Crippen molar-refractivity contribution in [3.63, 3.8) is 0 Å². The average Bonchev–Trinajstić information content (AvgIpc) is 3.36. The average molecular weight is 793 g/mol. The molecule has 0 bridgehead atoms. The Morgan fingerprint density at radius 1 is 0.844 bits per heavy atom. The molecule has 0 amide bonds. The summed E-state index contributed by atoms with van der Waals surface area (Å²) in [7, 11) is -1.34. The van der Waals surface area contributed by atoms with Gasteiger partial charge in [-0.25, -0.2) is 4.39 Å². The van der Waals surface area contributed by atoms with Crippen LogP contribution >= 0.6 is 0 Å². The van der Waals surface area contributed by atoms with Gasteiger partial charge in [-0.1, -0.05) is 101 Å². The van der Waals surface area contributed by atoms with Crippen molar-refractivity contribution in [3.05, 3.63) is 114 Å². The maximum Gasteiger partial charge on any atom is 0.143 e. The zero-order valence-corrected chi connectivity index (χ0v) is 30.8. The fourth-order valence-corrected chi connectivity index (χ4v) is 7.10. The van der Waals surface area contributed by atoms with E-state index in [1.807, 2.05) is 75.4 Å². The fourth-order valence-electron chi connectivity index (χ4n) is 5.51. The maximum atomic E-state index is 14.2. The number of nitrogens with zero attached hydrogens (tertiary/aromatic N) is 2. The van der Waals surface area contributed by atoms with E-state index in [9.17, 15) is 4.39 Å². The summed E-state index contributed by atoms with van der Waals surface area (Å²) in [5.74, 6) is 0.378. The van der Waals surface area contributed by atoms with Crippen LogP contribution in [0.5, 0.6) is 0 Å². The van der Waals surface area contributed by atoms with Gasteiger partial charge in [-0.15, -0.1) is 54.1 Å². The van der Waals surface area contributed by atoms with Gasteiger partial charge in [0.15, 0.2) is 0 Å². The Labute approximate surface area is 281 Å². The van der Waals surface area contributed by atoms with E-state index in [4.69, 9.17) is 4.42 Å². The summed E-state index contributed by atoms with van der Waals surface area (Å²) in [5.41, 5.74) is 6.92. The summed E-state index contributed by atoms with van der Waals surface area (Å²) in [6.07, 6.45) is 4.52. The number of rotatable bonds is 5. The summed E-state index contributed by atoms with van der Waals surface area (Å²) < 4.78 is 20.2. The van der Waals surface area contributed by atoms with Crippen molar-refractivity contribution in [2.75, 3.05) is 0 Å². The Morgan fingerprint density at radius 2 is 1.56 bits per heavy atom. The normalized spacial score (nSPS) is 11.8. The second-order valence-corrected chi connectivity index (χ2v) is 18.9. The van der Waals surface area contributed by atoms with Crippen LogP contribution in [0.1, 0.15) is 45.7 Å². The molecule has 235 valence electrons. The molecule has 3 aromatic carbocycles. The molecule has 1 radical (unpaired) electrons. The number of pyridine rings is 2.